The molecule has 0 aliphatic heterocycles. The third kappa shape index (κ3) is 4.16. The Morgan fingerprint density at radius 2 is 2.05 bits per heavy atom. The van der Waals surface area contributed by atoms with E-state index in [9.17, 15) is 4.79 Å². The van der Waals surface area contributed by atoms with E-state index in [0.29, 0.717) is 22.9 Å². The fourth-order valence-electron chi connectivity index (χ4n) is 1.46. The topological polar surface area (TPSA) is 38.8 Å². The monoisotopic (exact) mass is 281 g/mol. The Hall–Kier alpha value is -1.70. The van der Waals surface area contributed by atoms with Crippen LogP contribution in [0.2, 0.25) is 5.02 Å². The summed E-state index contributed by atoms with van der Waals surface area (Å²) < 4.78 is 9.93. The Bertz CT molecular complexity index is 529. The molecule has 4 nitrogen and oxygen atoms in total. The molecule has 102 valence electrons. The van der Waals surface area contributed by atoms with Crippen molar-refractivity contribution in [3.63, 3.8) is 0 Å². The summed E-state index contributed by atoms with van der Waals surface area (Å²) in [6.45, 7) is 0.600. The lowest BCUT2D eigenvalue weighted by molar-refractivity contribution is 0.0597. The number of hydrogen-bond donors (Lipinski definition) is 0. The minimum atomic E-state index is -0.505. The van der Waals surface area contributed by atoms with Crippen molar-refractivity contribution in [1.82, 2.24) is 4.90 Å². The zero-order valence-electron chi connectivity index (χ0n) is 11.4. The molecule has 0 radical (unpaired) electrons. The van der Waals surface area contributed by atoms with E-state index in [2.05, 4.69) is 11.8 Å². The van der Waals surface area contributed by atoms with Gasteiger partial charge in [-0.15, -0.1) is 0 Å². The highest BCUT2D eigenvalue weighted by Gasteiger charge is 2.17. The van der Waals surface area contributed by atoms with E-state index < -0.39 is 5.97 Å². The second kappa shape index (κ2) is 7.03. The number of rotatable bonds is 3. The SMILES string of the molecule is COC(=O)c1cc(Cl)cc(C#CCN(C)C)c1OC. The van der Waals surface area contributed by atoms with E-state index >= 15 is 0 Å². The van der Waals surface area contributed by atoms with Crippen LogP contribution >= 0.6 is 11.6 Å². The lowest BCUT2D eigenvalue weighted by Crippen LogP contribution is -2.11. The number of hydrogen-bond acceptors (Lipinski definition) is 4. The molecule has 1 rings (SSSR count). The van der Waals surface area contributed by atoms with Crippen molar-refractivity contribution in [2.75, 3.05) is 34.9 Å². The third-order valence-electron chi connectivity index (χ3n) is 2.28. The lowest BCUT2D eigenvalue weighted by Gasteiger charge is -2.09. The molecule has 1 aromatic rings. The summed E-state index contributed by atoms with van der Waals surface area (Å²) in [6, 6.07) is 3.17. The van der Waals surface area contributed by atoms with Crippen LogP contribution in [0.5, 0.6) is 5.75 Å². The number of nitrogens with zero attached hydrogens (tertiary/aromatic N) is 1. The molecule has 0 bridgehead atoms. The molecule has 0 atom stereocenters. The largest absolute Gasteiger partial charge is 0.495 e. The van der Waals surface area contributed by atoms with Crippen LogP contribution in [0.15, 0.2) is 12.1 Å². The van der Waals surface area contributed by atoms with Gasteiger partial charge in [-0.3, -0.25) is 4.90 Å². The number of carbonyl (C=O) groups is 1. The van der Waals surface area contributed by atoms with Crippen molar-refractivity contribution in [2.45, 2.75) is 0 Å². The van der Waals surface area contributed by atoms with Gasteiger partial charge < -0.3 is 9.47 Å². The number of ether oxygens (including phenoxy) is 2. The second-order valence-corrected chi connectivity index (χ2v) is 4.50. The fourth-order valence-corrected chi connectivity index (χ4v) is 1.68. The van der Waals surface area contributed by atoms with Crippen LogP contribution in [0.3, 0.4) is 0 Å². The van der Waals surface area contributed by atoms with Crippen molar-refractivity contribution < 1.29 is 14.3 Å². The zero-order valence-corrected chi connectivity index (χ0v) is 12.2. The predicted molar refractivity (Wildman–Crippen MR) is 74.8 cm³/mol. The van der Waals surface area contributed by atoms with E-state index in [1.165, 1.54) is 20.3 Å². The van der Waals surface area contributed by atoms with E-state index in [4.69, 9.17) is 21.1 Å². The van der Waals surface area contributed by atoms with Crippen LogP contribution in [-0.4, -0.2) is 45.7 Å². The van der Waals surface area contributed by atoms with Crippen LogP contribution in [0.1, 0.15) is 15.9 Å². The van der Waals surface area contributed by atoms with E-state index in [0.717, 1.165) is 0 Å². The molecule has 0 saturated heterocycles. The first-order valence-corrected chi connectivity index (χ1v) is 5.96. The van der Waals surface area contributed by atoms with Gasteiger partial charge in [-0.25, -0.2) is 4.79 Å². The first-order valence-electron chi connectivity index (χ1n) is 5.59. The van der Waals surface area contributed by atoms with Crippen LogP contribution in [0.4, 0.5) is 0 Å². The molecule has 0 saturated carbocycles. The summed E-state index contributed by atoms with van der Waals surface area (Å²) >= 11 is 5.98. The molecule has 0 unspecified atom stereocenters. The van der Waals surface area contributed by atoms with E-state index in [-0.39, 0.29) is 5.56 Å². The maximum absolute atomic E-state index is 11.7. The first kappa shape index (κ1) is 15.4. The maximum atomic E-state index is 11.7. The predicted octanol–water partition coefficient (Wildman–Crippen LogP) is 2.05. The van der Waals surface area contributed by atoms with E-state index in [1.807, 2.05) is 19.0 Å². The van der Waals surface area contributed by atoms with Gasteiger partial charge in [-0.2, -0.15) is 0 Å². The van der Waals surface area contributed by atoms with Gasteiger partial charge in [0.1, 0.15) is 11.3 Å². The molecule has 0 fully saturated rings. The van der Waals surface area contributed by atoms with Crippen molar-refractivity contribution in [3.05, 3.63) is 28.3 Å². The Kier molecular flexibility index (Phi) is 5.68. The summed E-state index contributed by atoms with van der Waals surface area (Å²) in [5, 5.41) is 0.412. The van der Waals surface area contributed by atoms with Crippen molar-refractivity contribution >= 4 is 17.6 Å². The average molecular weight is 282 g/mol. The fraction of sp³-hybridized carbons (Fsp3) is 0.357. The molecule has 0 spiro atoms. The van der Waals surface area contributed by atoms with Gasteiger partial charge in [0.15, 0.2) is 0 Å². The Morgan fingerprint density at radius 3 is 2.58 bits per heavy atom. The Balaban J connectivity index is 3.26. The number of halogens is 1. The van der Waals surface area contributed by atoms with Gasteiger partial charge in [-0.05, 0) is 26.2 Å². The minimum absolute atomic E-state index is 0.270. The first-order chi connectivity index (χ1) is 8.99. The van der Waals surface area contributed by atoms with Crippen LogP contribution < -0.4 is 4.74 Å². The normalized spacial score (nSPS) is 9.79. The highest BCUT2D eigenvalue weighted by Crippen LogP contribution is 2.28. The quantitative estimate of drug-likeness (QED) is 0.628. The number of methoxy groups -OCH3 is 2. The lowest BCUT2D eigenvalue weighted by atomic mass is 10.1. The van der Waals surface area contributed by atoms with Crippen LogP contribution in [-0.2, 0) is 4.74 Å². The van der Waals surface area contributed by atoms with Gasteiger partial charge in [-0.1, -0.05) is 23.4 Å². The van der Waals surface area contributed by atoms with Crippen molar-refractivity contribution in [3.8, 4) is 17.6 Å². The highest BCUT2D eigenvalue weighted by atomic mass is 35.5. The number of esters is 1. The molecule has 0 amide bonds. The molecule has 5 heteroatoms. The average Bonchev–Trinajstić information content (AvgIpc) is 2.36. The summed E-state index contributed by atoms with van der Waals surface area (Å²) in [7, 11) is 6.63. The molecule has 1 aromatic carbocycles. The van der Waals surface area contributed by atoms with Crippen LogP contribution in [0, 0.1) is 11.8 Å². The second-order valence-electron chi connectivity index (χ2n) is 4.07. The molecule has 0 N–H and O–H groups in total. The molecule has 0 aromatic heterocycles. The van der Waals surface area contributed by atoms with Crippen molar-refractivity contribution in [1.29, 1.82) is 0 Å². The Labute approximate surface area is 118 Å². The third-order valence-corrected chi connectivity index (χ3v) is 2.50. The van der Waals surface area contributed by atoms with Gasteiger partial charge in [0, 0.05) is 5.02 Å². The van der Waals surface area contributed by atoms with Gasteiger partial charge in [0.2, 0.25) is 0 Å². The molecular weight excluding hydrogens is 266 g/mol. The maximum Gasteiger partial charge on any atom is 0.341 e. The van der Waals surface area contributed by atoms with Crippen LogP contribution in [0.25, 0.3) is 0 Å². The summed E-state index contributed by atoms with van der Waals surface area (Å²) in [6.07, 6.45) is 0. The molecule has 0 heterocycles. The molecule has 0 aliphatic rings. The highest BCUT2D eigenvalue weighted by molar-refractivity contribution is 6.31. The summed E-state index contributed by atoms with van der Waals surface area (Å²) in [5.74, 6) is 5.79. The van der Waals surface area contributed by atoms with E-state index in [1.54, 1.807) is 6.07 Å². The van der Waals surface area contributed by atoms with Crippen molar-refractivity contribution in [2.24, 2.45) is 0 Å². The summed E-state index contributed by atoms with van der Waals surface area (Å²) in [4.78, 5) is 13.6. The molecule has 19 heavy (non-hydrogen) atoms. The number of benzene rings is 1. The zero-order chi connectivity index (χ0) is 14.4. The smallest absolute Gasteiger partial charge is 0.341 e. The minimum Gasteiger partial charge on any atom is -0.495 e. The molecular formula is C14H16ClNO3. The number of carbonyl (C=O) groups excluding carboxylic acids is 1. The van der Waals surface area contributed by atoms with Gasteiger partial charge in [0.25, 0.3) is 0 Å². The van der Waals surface area contributed by atoms with Gasteiger partial charge >= 0.3 is 5.97 Å². The Morgan fingerprint density at radius 1 is 1.37 bits per heavy atom. The summed E-state index contributed by atoms with van der Waals surface area (Å²) in [5.41, 5.74) is 0.837. The standard InChI is InChI=1S/C14H16ClNO3/c1-16(2)7-5-6-10-8-11(15)9-12(13(10)18-3)14(17)19-4/h8-9H,7H2,1-4H3. The van der Waals surface area contributed by atoms with Gasteiger partial charge in [0.05, 0.1) is 26.3 Å². The molecule has 0 aliphatic carbocycles.